The van der Waals surface area contributed by atoms with Gasteiger partial charge in [0.2, 0.25) is 9.84 Å². The second-order valence-corrected chi connectivity index (χ2v) is 6.80. The summed E-state index contributed by atoms with van der Waals surface area (Å²) in [4.78, 5) is -0.353. The number of hydrogen-bond acceptors (Lipinski definition) is 6. The first-order chi connectivity index (χ1) is 10.8. The monoisotopic (exact) mass is 358 g/mol. The van der Waals surface area contributed by atoms with Crippen molar-refractivity contribution in [2.45, 2.75) is 9.79 Å². The molecule has 0 atom stereocenters. The second kappa shape index (κ2) is 6.55. The number of ether oxygens (including phenoxy) is 3. The molecule has 0 amide bonds. The van der Waals surface area contributed by atoms with Crippen molar-refractivity contribution in [3.05, 3.63) is 35.4 Å². The Kier molecular flexibility index (Phi) is 4.91. The van der Waals surface area contributed by atoms with Crippen molar-refractivity contribution < 1.29 is 27.7 Å². The maximum absolute atomic E-state index is 12.9. The van der Waals surface area contributed by atoms with Gasteiger partial charge in [-0.15, -0.1) is 0 Å². The third-order valence-corrected chi connectivity index (χ3v) is 5.17. The summed E-state index contributed by atoms with van der Waals surface area (Å²) >= 11 is 5.86. The molecule has 0 radical (unpaired) electrons. The lowest BCUT2D eigenvalue weighted by Crippen LogP contribution is -2.07. The number of aromatic hydroxyl groups is 1. The van der Waals surface area contributed by atoms with Gasteiger partial charge in [0.1, 0.15) is 21.3 Å². The zero-order valence-corrected chi connectivity index (χ0v) is 14.2. The van der Waals surface area contributed by atoms with Crippen molar-refractivity contribution in [3.63, 3.8) is 0 Å². The largest absolute Gasteiger partial charge is 0.504 e. The predicted octanol–water partition coefficient (Wildman–Crippen LogP) is 2.90. The molecule has 0 aliphatic heterocycles. The zero-order chi connectivity index (χ0) is 17.2. The van der Waals surface area contributed by atoms with Gasteiger partial charge in [0, 0.05) is 17.2 Å². The maximum atomic E-state index is 12.9. The Balaban J connectivity index is 2.73. The molecule has 0 unspecified atom stereocenters. The highest BCUT2D eigenvalue weighted by atomic mass is 35.5. The highest BCUT2D eigenvalue weighted by Crippen LogP contribution is 2.41. The van der Waals surface area contributed by atoms with Gasteiger partial charge in [-0.3, -0.25) is 0 Å². The van der Waals surface area contributed by atoms with Crippen LogP contribution >= 0.6 is 11.6 Å². The van der Waals surface area contributed by atoms with E-state index >= 15 is 0 Å². The number of phenolic OH excluding ortho intramolecular Hbond substituents is 1. The molecule has 0 saturated heterocycles. The van der Waals surface area contributed by atoms with Crippen molar-refractivity contribution in [3.8, 4) is 23.0 Å². The van der Waals surface area contributed by atoms with Gasteiger partial charge >= 0.3 is 0 Å². The number of benzene rings is 2. The molecule has 124 valence electrons. The normalized spacial score (nSPS) is 11.1. The molecule has 6 nitrogen and oxygen atoms in total. The first-order valence-electron chi connectivity index (χ1n) is 6.38. The average molecular weight is 359 g/mol. The summed E-state index contributed by atoms with van der Waals surface area (Å²) in [7, 11) is 0.0197. The molecular formula is C15H15ClO6S. The van der Waals surface area contributed by atoms with Crippen LogP contribution in [0.2, 0.25) is 5.02 Å². The molecule has 0 fully saturated rings. The highest BCUT2D eigenvalue weighted by molar-refractivity contribution is 7.91. The van der Waals surface area contributed by atoms with Crippen LogP contribution in [0.25, 0.3) is 0 Å². The van der Waals surface area contributed by atoms with Crippen LogP contribution in [-0.4, -0.2) is 34.9 Å². The van der Waals surface area contributed by atoms with Gasteiger partial charge in [-0.25, -0.2) is 8.42 Å². The van der Waals surface area contributed by atoms with Gasteiger partial charge < -0.3 is 19.3 Å². The summed E-state index contributed by atoms with van der Waals surface area (Å²) in [6, 6.07) is 6.70. The lowest BCUT2D eigenvalue weighted by atomic mass is 10.3. The molecule has 0 aliphatic rings. The third kappa shape index (κ3) is 3.16. The van der Waals surface area contributed by atoms with E-state index in [-0.39, 0.29) is 32.1 Å². The minimum atomic E-state index is -4.04. The van der Waals surface area contributed by atoms with E-state index in [0.717, 1.165) is 0 Å². The van der Waals surface area contributed by atoms with Crippen molar-refractivity contribution in [2.75, 3.05) is 21.3 Å². The van der Waals surface area contributed by atoms with Crippen LogP contribution in [0.3, 0.4) is 0 Å². The predicted molar refractivity (Wildman–Crippen MR) is 84.7 cm³/mol. The Morgan fingerprint density at radius 2 is 1.65 bits per heavy atom. The van der Waals surface area contributed by atoms with E-state index in [4.69, 9.17) is 25.8 Å². The van der Waals surface area contributed by atoms with E-state index in [0.29, 0.717) is 5.75 Å². The molecule has 2 rings (SSSR count). The molecule has 0 bridgehead atoms. The van der Waals surface area contributed by atoms with Crippen molar-refractivity contribution in [1.29, 1.82) is 0 Å². The molecule has 2 aromatic rings. The van der Waals surface area contributed by atoms with Gasteiger partial charge in [-0.1, -0.05) is 11.6 Å². The SMILES string of the molecule is COc1ccc(S(=O)(=O)c2cc(Cl)cc(O)c2OC)c(OC)c1. The number of rotatable bonds is 5. The Hall–Kier alpha value is -2.12. The van der Waals surface area contributed by atoms with Crippen LogP contribution in [0.15, 0.2) is 40.1 Å². The van der Waals surface area contributed by atoms with Gasteiger partial charge in [-0.2, -0.15) is 0 Å². The summed E-state index contributed by atoms with van der Waals surface area (Å²) in [5.41, 5.74) is 0. The van der Waals surface area contributed by atoms with Crippen LogP contribution in [0, 0.1) is 0 Å². The lowest BCUT2D eigenvalue weighted by molar-refractivity contribution is 0.362. The average Bonchev–Trinajstić information content (AvgIpc) is 2.53. The molecule has 23 heavy (non-hydrogen) atoms. The maximum Gasteiger partial charge on any atom is 0.214 e. The van der Waals surface area contributed by atoms with Gasteiger partial charge in [0.15, 0.2) is 11.5 Å². The summed E-state index contributed by atoms with van der Waals surface area (Å²) in [6.07, 6.45) is 0. The standard InChI is InChI=1S/C15H15ClO6S/c1-20-10-4-5-13(12(8-10)21-2)23(18,19)14-7-9(16)6-11(17)15(14)22-3/h4-8,17H,1-3H3. The quantitative estimate of drug-likeness (QED) is 0.885. The molecule has 0 spiro atoms. The van der Waals surface area contributed by atoms with Gasteiger partial charge in [0.25, 0.3) is 0 Å². The minimum Gasteiger partial charge on any atom is -0.504 e. The first kappa shape index (κ1) is 17.2. The van der Waals surface area contributed by atoms with Crippen molar-refractivity contribution in [1.82, 2.24) is 0 Å². The number of methoxy groups -OCH3 is 3. The summed E-state index contributed by atoms with van der Waals surface area (Å²) < 4.78 is 41.0. The Morgan fingerprint density at radius 3 is 2.22 bits per heavy atom. The van der Waals surface area contributed by atoms with Crippen LogP contribution < -0.4 is 14.2 Å². The van der Waals surface area contributed by atoms with Crippen molar-refractivity contribution >= 4 is 21.4 Å². The van der Waals surface area contributed by atoms with Crippen LogP contribution in [0.4, 0.5) is 0 Å². The molecule has 2 aromatic carbocycles. The first-order valence-corrected chi connectivity index (χ1v) is 8.25. The number of halogens is 1. The smallest absolute Gasteiger partial charge is 0.214 e. The Morgan fingerprint density at radius 1 is 0.957 bits per heavy atom. The minimum absolute atomic E-state index is 0.0642. The topological polar surface area (TPSA) is 82.1 Å². The third-order valence-electron chi connectivity index (χ3n) is 3.15. The fourth-order valence-corrected chi connectivity index (χ4v) is 3.96. The van der Waals surface area contributed by atoms with E-state index in [1.807, 2.05) is 0 Å². The Labute approximate surface area is 139 Å². The summed E-state index contributed by atoms with van der Waals surface area (Å²) in [5.74, 6) is -0.00843. The summed E-state index contributed by atoms with van der Waals surface area (Å²) in [5, 5.41) is 9.93. The van der Waals surface area contributed by atoms with Gasteiger partial charge in [-0.05, 0) is 18.2 Å². The van der Waals surface area contributed by atoms with Crippen LogP contribution in [0.5, 0.6) is 23.0 Å². The van der Waals surface area contributed by atoms with E-state index in [1.54, 1.807) is 0 Å². The molecule has 0 aromatic heterocycles. The fraction of sp³-hybridized carbons (Fsp3) is 0.200. The molecule has 0 aliphatic carbocycles. The number of sulfone groups is 1. The van der Waals surface area contributed by atoms with Crippen LogP contribution in [0.1, 0.15) is 0 Å². The van der Waals surface area contributed by atoms with Gasteiger partial charge in [0.05, 0.1) is 21.3 Å². The lowest BCUT2D eigenvalue weighted by Gasteiger charge is -2.14. The molecule has 1 N–H and O–H groups in total. The second-order valence-electron chi connectivity index (χ2n) is 4.48. The Bertz CT molecular complexity index is 832. The van der Waals surface area contributed by atoms with E-state index in [2.05, 4.69) is 0 Å². The molecule has 8 heteroatoms. The highest BCUT2D eigenvalue weighted by Gasteiger charge is 2.28. The van der Waals surface area contributed by atoms with E-state index in [9.17, 15) is 13.5 Å². The van der Waals surface area contributed by atoms with E-state index < -0.39 is 9.84 Å². The zero-order valence-electron chi connectivity index (χ0n) is 12.7. The van der Waals surface area contributed by atoms with E-state index in [1.165, 1.54) is 51.7 Å². The molecule has 0 heterocycles. The molecular weight excluding hydrogens is 344 g/mol. The van der Waals surface area contributed by atoms with Crippen molar-refractivity contribution in [2.24, 2.45) is 0 Å². The van der Waals surface area contributed by atoms with Crippen LogP contribution in [-0.2, 0) is 9.84 Å². The number of hydrogen-bond donors (Lipinski definition) is 1. The fourth-order valence-electron chi connectivity index (χ4n) is 2.07. The molecule has 0 saturated carbocycles. The summed E-state index contributed by atoms with van der Waals surface area (Å²) in [6.45, 7) is 0. The number of phenols is 1.